The number of nitrogens with two attached hydrogens (primary N) is 1. The van der Waals surface area contributed by atoms with Crippen molar-refractivity contribution in [2.24, 2.45) is 16.8 Å². The van der Waals surface area contributed by atoms with Gasteiger partial charge in [-0.05, 0) is 36.2 Å². The Hall–Kier alpha value is -3.39. The number of amides is 3. The van der Waals surface area contributed by atoms with E-state index < -0.39 is 23.8 Å². The third kappa shape index (κ3) is 6.89. The Kier molecular flexibility index (Phi) is 8.37. The van der Waals surface area contributed by atoms with Crippen LogP contribution in [0, 0.1) is 5.92 Å². The lowest BCUT2D eigenvalue weighted by Crippen LogP contribution is -2.48. The molecule has 2 aromatic carbocycles. The Bertz CT molecular complexity index is 946. The van der Waals surface area contributed by atoms with Crippen LogP contribution in [0.2, 0.25) is 5.02 Å². The Balaban J connectivity index is 2.04. The van der Waals surface area contributed by atoms with E-state index in [9.17, 15) is 14.4 Å². The van der Waals surface area contributed by atoms with E-state index in [1.165, 1.54) is 12.3 Å². The molecule has 0 aliphatic heterocycles. The minimum Gasteiger partial charge on any atom is -0.483 e. The predicted octanol–water partition coefficient (Wildman–Crippen LogP) is 2.11. The van der Waals surface area contributed by atoms with E-state index >= 15 is 0 Å². The third-order valence-electron chi connectivity index (χ3n) is 3.99. The zero-order valence-electron chi connectivity index (χ0n) is 16.6. The molecule has 0 aromatic heterocycles. The van der Waals surface area contributed by atoms with Gasteiger partial charge in [-0.1, -0.05) is 43.6 Å². The SMILES string of the molecule is CC(C)C(NC(=O)c1cccc(Cl)c1)C(=O)N/N=C\c1ccccc1OCC(N)=O. The van der Waals surface area contributed by atoms with Gasteiger partial charge in [-0.2, -0.15) is 5.10 Å². The van der Waals surface area contributed by atoms with Crippen LogP contribution in [-0.2, 0) is 9.59 Å². The second kappa shape index (κ2) is 11.0. The number of hydrazone groups is 1. The molecule has 0 spiro atoms. The summed E-state index contributed by atoms with van der Waals surface area (Å²) in [6.07, 6.45) is 1.38. The van der Waals surface area contributed by atoms with E-state index in [2.05, 4.69) is 15.8 Å². The standard InChI is InChI=1S/C21H23ClN4O4/c1-13(2)19(25-20(28)14-7-5-8-16(22)10-14)21(29)26-24-11-15-6-3-4-9-17(15)30-12-18(23)27/h3-11,13,19H,12H2,1-2H3,(H2,23,27)(H,25,28)(H,26,29)/b24-11-. The number of carbonyl (C=O) groups excluding carboxylic acids is 3. The number of hydrogen-bond acceptors (Lipinski definition) is 5. The van der Waals surface area contributed by atoms with Crippen LogP contribution in [0.4, 0.5) is 0 Å². The zero-order chi connectivity index (χ0) is 22.1. The first-order chi connectivity index (χ1) is 14.3. The first kappa shape index (κ1) is 22.9. The van der Waals surface area contributed by atoms with Crippen LogP contribution in [0.5, 0.6) is 5.75 Å². The molecule has 0 radical (unpaired) electrons. The number of nitrogens with one attached hydrogen (secondary N) is 2. The summed E-state index contributed by atoms with van der Waals surface area (Å²) in [6, 6.07) is 12.5. The van der Waals surface area contributed by atoms with E-state index in [1.54, 1.807) is 56.3 Å². The van der Waals surface area contributed by atoms with Gasteiger partial charge in [-0.15, -0.1) is 0 Å². The fourth-order valence-electron chi connectivity index (χ4n) is 2.49. The van der Waals surface area contributed by atoms with Crippen LogP contribution in [-0.4, -0.2) is 36.6 Å². The molecule has 4 N–H and O–H groups in total. The van der Waals surface area contributed by atoms with Crippen molar-refractivity contribution in [1.82, 2.24) is 10.7 Å². The van der Waals surface area contributed by atoms with Crippen molar-refractivity contribution in [2.45, 2.75) is 19.9 Å². The van der Waals surface area contributed by atoms with Gasteiger partial charge < -0.3 is 15.8 Å². The number of hydrogen-bond donors (Lipinski definition) is 3. The van der Waals surface area contributed by atoms with Gasteiger partial charge in [0.05, 0.1) is 6.21 Å². The fourth-order valence-corrected chi connectivity index (χ4v) is 2.68. The van der Waals surface area contributed by atoms with Crippen molar-refractivity contribution < 1.29 is 19.1 Å². The molecule has 0 aliphatic rings. The molecule has 9 heteroatoms. The van der Waals surface area contributed by atoms with Gasteiger partial charge >= 0.3 is 0 Å². The number of nitrogens with zero attached hydrogens (tertiary/aromatic N) is 1. The van der Waals surface area contributed by atoms with Crippen molar-refractivity contribution in [1.29, 1.82) is 0 Å². The molecule has 0 heterocycles. The molecule has 0 bridgehead atoms. The minimum atomic E-state index is -0.810. The summed E-state index contributed by atoms with van der Waals surface area (Å²) >= 11 is 5.92. The average molecular weight is 431 g/mol. The Labute approximate surface area is 179 Å². The van der Waals surface area contributed by atoms with E-state index in [1.807, 2.05) is 0 Å². The lowest BCUT2D eigenvalue weighted by molar-refractivity contribution is -0.124. The van der Waals surface area contributed by atoms with Crippen molar-refractivity contribution in [2.75, 3.05) is 6.61 Å². The topological polar surface area (TPSA) is 123 Å². The molecule has 0 aliphatic carbocycles. The Morgan fingerprint density at radius 2 is 1.90 bits per heavy atom. The number of benzene rings is 2. The third-order valence-corrected chi connectivity index (χ3v) is 4.22. The van der Waals surface area contributed by atoms with Crippen molar-refractivity contribution in [3.8, 4) is 5.75 Å². The molecule has 0 fully saturated rings. The van der Waals surface area contributed by atoms with Crippen LogP contribution >= 0.6 is 11.6 Å². The Morgan fingerprint density at radius 3 is 2.57 bits per heavy atom. The van der Waals surface area contributed by atoms with Crippen LogP contribution in [0.15, 0.2) is 53.6 Å². The molecular weight excluding hydrogens is 408 g/mol. The summed E-state index contributed by atoms with van der Waals surface area (Å²) < 4.78 is 5.31. The van der Waals surface area contributed by atoms with Gasteiger partial charge in [-0.25, -0.2) is 5.43 Å². The second-order valence-corrected chi connectivity index (χ2v) is 7.17. The summed E-state index contributed by atoms with van der Waals surface area (Å²) in [5.74, 6) is -1.29. The lowest BCUT2D eigenvalue weighted by Gasteiger charge is -2.20. The average Bonchev–Trinajstić information content (AvgIpc) is 2.70. The second-order valence-electron chi connectivity index (χ2n) is 6.73. The highest BCUT2D eigenvalue weighted by Crippen LogP contribution is 2.15. The van der Waals surface area contributed by atoms with Crippen molar-refractivity contribution in [3.63, 3.8) is 0 Å². The number of primary amides is 1. The highest BCUT2D eigenvalue weighted by atomic mass is 35.5. The van der Waals surface area contributed by atoms with Crippen molar-refractivity contribution >= 4 is 35.5 Å². The molecule has 0 saturated carbocycles. The molecule has 30 heavy (non-hydrogen) atoms. The quantitative estimate of drug-likeness (QED) is 0.416. The maximum absolute atomic E-state index is 12.6. The van der Waals surface area contributed by atoms with E-state index in [4.69, 9.17) is 22.1 Å². The maximum Gasteiger partial charge on any atom is 0.262 e. The first-order valence-electron chi connectivity index (χ1n) is 9.17. The van der Waals surface area contributed by atoms with E-state index in [0.717, 1.165) is 0 Å². The van der Waals surface area contributed by atoms with E-state index in [-0.39, 0.29) is 12.5 Å². The maximum atomic E-state index is 12.6. The summed E-state index contributed by atoms with van der Waals surface area (Å²) in [4.78, 5) is 35.9. The van der Waals surface area contributed by atoms with Crippen LogP contribution < -0.4 is 21.2 Å². The number of ether oxygens (including phenoxy) is 1. The number of carbonyl (C=O) groups is 3. The van der Waals surface area contributed by atoms with Gasteiger partial charge in [-0.3, -0.25) is 14.4 Å². The minimum absolute atomic E-state index is 0.186. The van der Waals surface area contributed by atoms with Crippen LogP contribution in [0.1, 0.15) is 29.8 Å². The van der Waals surface area contributed by atoms with Gasteiger partial charge in [0, 0.05) is 16.1 Å². The van der Waals surface area contributed by atoms with Crippen LogP contribution in [0.25, 0.3) is 0 Å². The highest BCUT2D eigenvalue weighted by molar-refractivity contribution is 6.31. The molecule has 2 aromatic rings. The molecule has 2 rings (SSSR count). The summed E-state index contributed by atoms with van der Waals surface area (Å²) in [6.45, 7) is 3.33. The number of rotatable bonds is 9. The molecule has 8 nitrogen and oxygen atoms in total. The zero-order valence-corrected chi connectivity index (χ0v) is 17.3. The normalized spacial score (nSPS) is 11.9. The van der Waals surface area contributed by atoms with E-state index in [0.29, 0.717) is 21.9 Å². The van der Waals surface area contributed by atoms with Gasteiger partial charge in [0.2, 0.25) is 0 Å². The fraction of sp³-hybridized carbons (Fsp3) is 0.238. The molecule has 1 unspecified atom stereocenters. The lowest BCUT2D eigenvalue weighted by atomic mass is 10.0. The Morgan fingerprint density at radius 1 is 1.17 bits per heavy atom. The van der Waals surface area contributed by atoms with Gasteiger partial charge in [0.1, 0.15) is 11.8 Å². The number of halogens is 1. The predicted molar refractivity (Wildman–Crippen MR) is 114 cm³/mol. The summed E-state index contributed by atoms with van der Waals surface area (Å²) in [7, 11) is 0. The molecule has 3 amide bonds. The summed E-state index contributed by atoms with van der Waals surface area (Å²) in [5.41, 5.74) is 8.40. The molecule has 1 atom stereocenters. The largest absolute Gasteiger partial charge is 0.483 e. The molecule has 158 valence electrons. The monoisotopic (exact) mass is 430 g/mol. The van der Waals surface area contributed by atoms with Gasteiger partial charge in [0.25, 0.3) is 17.7 Å². The number of para-hydroxylation sites is 1. The first-order valence-corrected chi connectivity index (χ1v) is 9.55. The van der Waals surface area contributed by atoms with Gasteiger partial charge in [0.15, 0.2) is 6.61 Å². The summed E-state index contributed by atoms with van der Waals surface area (Å²) in [5, 5.41) is 7.05. The molecule has 0 saturated heterocycles. The molecular formula is C21H23ClN4O4. The smallest absolute Gasteiger partial charge is 0.262 e. The highest BCUT2D eigenvalue weighted by Gasteiger charge is 2.24. The van der Waals surface area contributed by atoms with Crippen molar-refractivity contribution in [3.05, 3.63) is 64.7 Å². The van der Waals surface area contributed by atoms with Crippen LogP contribution in [0.3, 0.4) is 0 Å².